The third-order valence-corrected chi connectivity index (χ3v) is 3.71. The van der Waals surface area contributed by atoms with E-state index in [0.717, 1.165) is 19.5 Å². The lowest BCUT2D eigenvalue weighted by atomic mass is 9.94. The van der Waals surface area contributed by atoms with Crippen LogP contribution in [0.3, 0.4) is 0 Å². The number of nitrogens with zero attached hydrogens (tertiary/aromatic N) is 1. The molecule has 0 radical (unpaired) electrons. The molecule has 100 valence electrons. The lowest BCUT2D eigenvalue weighted by Gasteiger charge is -2.35. The van der Waals surface area contributed by atoms with Crippen LogP contribution in [0.1, 0.15) is 18.9 Å². The SMILES string of the molecule is CC1CN(C)CCC1NCc1c(F)cccc1F. The van der Waals surface area contributed by atoms with Gasteiger partial charge in [-0.2, -0.15) is 0 Å². The third-order valence-electron chi connectivity index (χ3n) is 3.71. The first-order valence-electron chi connectivity index (χ1n) is 6.42. The third kappa shape index (κ3) is 3.06. The van der Waals surface area contributed by atoms with Gasteiger partial charge in [0.05, 0.1) is 0 Å². The van der Waals surface area contributed by atoms with Gasteiger partial charge in [0.25, 0.3) is 0 Å². The van der Waals surface area contributed by atoms with Crippen molar-refractivity contribution in [1.29, 1.82) is 0 Å². The maximum absolute atomic E-state index is 13.5. The Morgan fingerprint density at radius 1 is 1.33 bits per heavy atom. The Hall–Kier alpha value is -1.00. The molecule has 1 aliphatic heterocycles. The predicted molar refractivity (Wildman–Crippen MR) is 68.3 cm³/mol. The normalized spacial score (nSPS) is 25.3. The molecule has 0 saturated carbocycles. The quantitative estimate of drug-likeness (QED) is 0.891. The topological polar surface area (TPSA) is 15.3 Å². The Morgan fingerprint density at radius 3 is 2.61 bits per heavy atom. The number of likely N-dealkylation sites (tertiary alicyclic amines) is 1. The molecule has 1 fully saturated rings. The van der Waals surface area contributed by atoms with E-state index in [1.165, 1.54) is 18.2 Å². The number of halogens is 2. The molecule has 4 heteroatoms. The molecule has 18 heavy (non-hydrogen) atoms. The highest BCUT2D eigenvalue weighted by Gasteiger charge is 2.24. The number of nitrogens with one attached hydrogen (secondary N) is 1. The molecule has 0 amide bonds. The van der Waals surface area contributed by atoms with E-state index >= 15 is 0 Å². The molecular formula is C14H20F2N2. The first-order chi connectivity index (χ1) is 8.58. The average Bonchev–Trinajstić information content (AvgIpc) is 2.31. The molecule has 2 unspecified atom stereocenters. The summed E-state index contributed by atoms with van der Waals surface area (Å²) in [5.74, 6) is -0.440. The van der Waals surface area contributed by atoms with Gasteiger partial charge in [-0.1, -0.05) is 13.0 Å². The van der Waals surface area contributed by atoms with Gasteiger partial charge in [0.15, 0.2) is 0 Å². The average molecular weight is 254 g/mol. The summed E-state index contributed by atoms with van der Waals surface area (Å²) < 4.78 is 27.0. The molecule has 2 nitrogen and oxygen atoms in total. The fourth-order valence-corrected chi connectivity index (χ4v) is 2.59. The zero-order valence-corrected chi connectivity index (χ0v) is 10.9. The highest BCUT2D eigenvalue weighted by molar-refractivity contribution is 5.19. The van der Waals surface area contributed by atoms with Crippen LogP contribution in [0.2, 0.25) is 0 Å². The van der Waals surface area contributed by atoms with E-state index in [2.05, 4.69) is 24.2 Å². The molecule has 0 aromatic heterocycles. The van der Waals surface area contributed by atoms with Crippen LogP contribution in [-0.4, -0.2) is 31.1 Å². The van der Waals surface area contributed by atoms with Crippen LogP contribution in [0, 0.1) is 17.6 Å². The van der Waals surface area contributed by atoms with Crippen molar-refractivity contribution < 1.29 is 8.78 Å². The van der Waals surface area contributed by atoms with Crippen LogP contribution < -0.4 is 5.32 Å². The highest BCUT2D eigenvalue weighted by atomic mass is 19.1. The lowest BCUT2D eigenvalue weighted by Crippen LogP contribution is -2.46. The molecule has 1 heterocycles. The van der Waals surface area contributed by atoms with Gasteiger partial charge >= 0.3 is 0 Å². The van der Waals surface area contributed by atoms with Crippen LogP contribution in [0.5, 0.6) is 0 Å². The second-order valence-corrected chi connectivity index (χ2v) is 5.22. The molecule has 0 aliphatic carbocycles. The molecule has 1 N–H and O–H groups in total. The van der Waals surface area contributed by atoms with E-state index in [0.29, 0.717) is 12.0 Å². The smallest absolute Gasteiger partial charge is 0.130 e. The van der Waals surface area contributed by atoms with E-state index in [-0.39, 0.29) is 12.1 Å². The van der Waals surface area contributed by atoms with Crippen molar-refractivity contribution in [3.8, 4) is 0 Å². The number of rotatable bonds is 3. The van der Waals surface area contributed by atoms with Crippen molar-refractivity contribution in [2.45, 2.75) is 25.9 Å². The van der Waals surface area contributed by atoms with Gasteiger partial charge in [-0.3, -0.25) is 0 Å². The summed E-state index contributed by atoms with van der Waals surface area (Å²) in [5, 5.41) is 3.28. The van der Waals surface area contributed by atoms with E-state index in [4.69, 9.17) is 0 Å². The van der Waals surface area contributed by atoms with Crippen molar-refractivity contribution in [2.75, 3.05) is 20.1 Å². The Bertz CT molecular complexity index is 389. The van der Waals surface area contributed by atoms with Crippen LogP contribution in [0.4, 0.5) is 8.78 Å². The van der Waals surface area contributed by atoms with Crippen molar-refractivity contribution in [2.24, 2.45) is 5.92 Å². The molecule has 0 bridgehead atoms. The van der Waals surface area contributed by atoms with Crippen LogP contribution >= 0.6 is 0 Å². The van der Waals surface area contributed by atoms with Crippen LogP contribution in [-0.2, 0) is 6.54 Å². The van der Waals surface area contributed by atoms with E-state index in [1.807, 2.05) is 0 Å². The first-order valence-corrected chi connectivity index (χ1v) is 6.42. The van der Waals surface area contributed by atoms with Gasteiger partial charge in [0.2, 0.25) is 0 Å². The summed E-state index contributed by atoms with van der Waals surface area (Å²) in [5.41, 5.74) is 0.142. The highest BCUT2D eigenvalue weighted by Crippen LogP contribution is 2.17. The van der Waals surface area contributed by atoms with Crippen molar-refractivity contribution >= 4 is 0 Å². The molecule has 1 aliphatic rings. The van der Waals surface area contributed by atoms with Gasteiger partial charge in [-0.05, 0) is 38.1 Å². The minimum Gasteiger partial charge on any atom is -0.309 e. The fourth-order valence-electron chi connectivity index (χ4n) is 2.59. The van der Waals surface area contributed by atoms with E-state index < -0.39 is 11.6 Å². The van der Waals surface area contributed by atoms with Crippen molar-refractivity contribution in [1.82, 2.24) is 10.2 Å². The summed E-state index contributed by atoms with van der Waals surface area (Å²) in [7, 11) is 2.10. The Kier molecular flexibility index (Phi) is 4.30. The lowest BCUT2D eigenvalue weighted by molar-refractivity contribution is 0.173. The zero-order chi connectivity index (χ0) is 13.1. The van der Waals surface area contributed by atoms with Crippen LogP contribution in [0.15, 0.2) is 18.2 Å². The summed E-state index contributed by atoms with van der Waals surface area (Å²) in [4.78, 5) is 2.28. The monoisotopic (exact) mass is 254 g/mol. The van der Waals surface area contributed by atoms with Gasteiger partial charge in [0.1, 0.15) is 11.6 Å². The fraction of sp³-hybridized carbons (Fsp3) is 0.571. The maximum Gasteiger partial charge on any atom is 0.130 e. The minimum atomic E-state index is -0.469. The maximum atomic E-state index is 13.5. The largest absolute Gasteiger partial charge is 0.309 e. The Labute approximate surface area is 107 Å². The van der Waals surface area contributed by atoms with Gasteiger partial charge in [0, 0.05) is 24.7 Å². The van der Waals surface area contributed by atoms with Gasteiger partial charge < -0.3 is 10.2 Å². The van der Waals surface area contributed by atoms with E-state index in [9.17, 15) is 8.78 Å². The van der Waals surface area contributed by atoms with E-state index in [1.54, 1.807) is 0 Å². The molecule has 1 aromatic carbocycles. The summed E-state index contributed by atoms with van der Waals surface area (Å²) in [6, 6.07) is 4.34. The molecule has 2 atom stereocenters. The Morgan fingerprint density at radius 2 is 2.00 bits per heavy atom. The summed E-state index contributed by atoms with van der Waals surface area (Å²) in [6.07, 6.45) is 1.02. The standard InChI is InChI=1S/C14H20F2N2/c1-10-9-18(2)7-6-14(10)17-8-11-12(15)4-3-5-13(11)16/h3-5,10,14,17H,6-9H2,1-2H3. The first kappa shape index (κ1) is 13.4. The molecule has 2 rings (SSSR count). The number of hydrogen-bond acceptors (Lipinski definition) is 2. The summed E-state index contributed by atoms with van der Waals surface area (Å²) in [6.45, 7) is 4.49. The second kappa shape index (κ2) is 5.76. The van der Waals surface area contributed by atoms with Crippen molar-refractivity contribution in [3.05, 3.63) is 35.4 Å². The Balaban J connectivity index is 1.95. The number of piperidine rings is 1. The summed E-state index contributed by atoms with van der Waals surface area (Å²) >= 11 is 0. The second-order valence-electron chi connectivity index (χ2n) is 5.22. The number of hydrogen-bond donors (Lipinski definition) is 1. The molecular weight excluding hydrogens is 234 g/mol. The molecule has 1 aromatic rings. The zero-order valence-electron chi connectivity index (χ0n) is 10.9. The number of benzene rings is 1. The molecule has 0 spiro atoms. The van der Waals surface area contributed by atoms with Crippen molar-refractivity contribution in [3.63, 3.8) is 0 Å². The molecule has 1 saturated heterocycles. The minimum absolute atomic E-state index is 0.142. The predicted octanol–water partition coefficient (Wildman–Crippen LogP) is 2.39. The van der Waals surface area contributed by atoms with Gasteiger partial charge in [-0.25, -0.2) is 8.78 Å². The van der Waals surface area contributed by atoms with Gasteiger partial charge in [-0.15, -0.1) is 0 Å². The van der Waals surface area contributed by atoms with Crippen LogP contribution in [0.25, 0.3) is 0 Å².